The van der Waals surface area contributed by atoms with Crippen LogP contribution in [-0.4, -0.2) is 52.3 Å². The Balaban J connectivity index is 2.36. The molecule has 0 saturated carbocycles. The molecular formula is C16H26N2O5S2. The first-order valence-corrected chi connectivity index (χ1v) is 10.9. The van der Waals surface area contributed by atoms with Gasteiger partial charge in [-0.3, -0.25) is 14.4 Å². The largest absolute Gasteiger partial charge is 0.481 e. The number of aldehydes is 1. The lowest BCUT2D eigenvalue weighted by Gasteiger charge is -2.19. The molecule has 3 atom stereocenters. The van der Waals surface area contributed by atoms with Crippen LogP contribution in [0.1, 0.15) is 51.9 Å². The van der Waals surface area contributed by atoms with E-state index in [4.69, 9.17) is 5.11 Å². The van der Waals surface area contributed by atoms with Gasteiger partial charge in [-0.2, -0.15) is 0 Å². The van der Waals surface area contributed by atoms with Gasteiger partial charge in [0.1, 0.15) is 12.3 Å². The molecule has 0 aromatic heterocycles. The molecule has 25 heavy (non-hydrogen) atoms. The maximum absolute atomic E-state index is 12.1. The Hall–Kier alpha value is -1.22. The van der Waals surface area contributed by atoms with Crippen LogP contribution in [0.15, 0.2) is 0 Å². The summed E-state index contributed by atoms with van der Waals surface area (Å²) in [6, 6.07) is -1.62. The maximum Gasteiger partial charge on any atom is 0.303 e. The van der Waals surface area contributed by atoms with Gasteiger partial charge >= 0.3 is 5.97 Å². The highest BCUT2D eigenvalue weighted by molar-refractivity contribution is 8.77. The zero-order valence-corrected chi connectivity index (χ0v) is 16.0. The molecule has 1 heterocycles. The second-order valence-electron chi connectivity index (χ2n) is 6.06. The van der Waals surface area contributed by atoms with Crippen molar-refractivity contribution in [1.82, 2.24) is 10.6 Å². The number of nitrogens with one attached hydrogen (secondary N) is 2. The van der Waals surface area contributed by atoms with Crippen LogP contribution in [0.5, 0.6) is 0 Å². The Morgan fingerprint density at radius 1 is 1.24 bits per heavy atom. The number of hydrogen-bond acceptors (Lipinski definition) is 6. The van der Waals surface area contributed by atoms with E-state index < -0.39 is 24.0 Å². The van der Waals surface area contributed by atoms with Crippen LogP contribution in [0.25, 0.3) is 0 Å². The third-order valence-corrected chi connectivity index (χ3v) is 6.79. The van der Waals surface area contributed by atoms with Crippen molar-refractivity contribution in [1.29, 1.82) is 0 Å². The highest BCUT2D eigenvalue weighted by atomic mass is 33.1. The molecule has 0 aliphatic carbocycles. The van der Waals surface area contributed by atoms with Crippen molar-refractivity contribution in [2.45, 2.75) is 69.2 Å². The summed E-state index contributed by atoms with van der Waals surface area (Å²) in [5.41, 5.74) is 0. The first-order valence-electron chi connectivity index (χ1n) is 8.47. The molecule has 1 rings (SSSR count). The molecule has 2 amide bonds. The van der Waals surface area contributed by atoms with E-state index in [2.05, 4.69) is 10.6 Å². The number of carbonyl (C=O) groups is 4. The van der Waals surface area contributed by atoms with Gasteiger partial charge < -0.3 is 20.5 Å². The fourth-order valence-corrected chi connectivity index (χ4v) is 5.41. The van der Waals surface area contributed by atoms with E-state index in [1.807, 2.05) is 21.6 Å². The van der Waals surface area contributed by atoms with Crippen molar-refractivity contribution in [3.8, 4) is 0 Å². The summed E-state index contributed by atoms with van der Waals surface area (Å²) in [5.74, 6) is -0.649. The monoisotopic (exact) mass is 390 g/mol. The molecular weight excluding hydrogens is 364 g/mol. The van der Waals surface area contributed by atoms with Crippen LogP contribution < -0.4 is 10.6 Å². The lowest BCUT2D eigenvalue weighted by atomic mass is 10.1. The van der Waals surface area contributed by atoms with E-state index in [-0.39, 0.29) is 18.7 Å². The van der Waals surface area contributed by atoms with Crippen LogP contribution in [0.2, 0.25) is 0 Å². The maximum atomic E-state index is 12.1. The third-order valence-electron chi connectivity index (χ3n) is 3.78. The molecule has 0 aromatic carbocycles. The van der Waals surface area contributed by atoms with Crippen LogP contribution in [-0.2, 0) is 19.2 Å². The molecule has 1 aliphatic heterocycles. The molecule has 9 heteroatoms. The minimum absolute atomic E-state index is 0.00553. The number of aliphatic carboxylic acids is 1. The van der Waals surface area contributed by atoms with Crippen molar-refractivity contribution in [3.05, 3.63) is 0 Å². The van der Waals surface area contributed by atoms with E-state index in [9.17, 15) is 19.2 Å². The molecule has 1 saturated heterocycles. The average Bonchev–Trinajstić information content (AvgIpc) is 3.08. The first-order chi connectivity index (χ1) is 11.9. The van der Waals surface area contributed by atoms with E-state index in [0.717, 1.165) is 19.3 Å². The lowest BCUT2D eigenvalue weighted by Crippen LogP contribution is -2.49. The number of amides is 2. The fraction of sp³-hybridized carbons (Fsp3) is 0.750. The Kier molecular flexibility index (Phi) is 10.6. The first kappa shape index (κ1) is 21.8. The molecule has 1 fully saturated rings. The minimum atomic E-state index is -1.04. The van der Waals surface area contributed by atoms with E-state index in [1.54, 1.807) is 0 Å². The van der Waals surface area contributed by atoms with Crippen LogP contribution >= 0.6 is 21.6 Å². The third kappa shape index (κ3) is 9.74. The van der Waals surface area contributed by atoms with E-state index >= 15 is 0 Å². The summed E-state index contributed by atoms with van der Waals surface area (Å²) in [6.07, 6.45) is 4.65. The Morgan fingerprint density at radius 3 is 2.60 bits per heavy atom. The lowest BCUT2D eigenvalue weighted by molar-refractivity contribution is -0.138. The molecule has 0 radical (unpaired) electrons. The number of carbonyl (C=O) groups excluding carboxylic acids is 3. The highest BCUT2D eigenvalue weighted by Gasteiger charge is 2.23. The van der Waals surface area contributed by atoms with E-state index in [0.29, 0.717) is 18.0 Å². The molecule has 3 N–H and O–H groups in total. The summed E-state index contributed by atoms with van der Waals surface area (Å²) >= 11 is 0. The van der Waals surface area contributed by atoms with Crippen molar-refractivity contribution in [2.24, 2.45) is 0 Å². The van der Waals surface area contributed by atoms with Crippen LogP contribution in [0.4, 0.5) is 0 Å². The predicted octanol–water partition coefficient (Wildman–Crippen LogP) is 1.75. The molecule has 7 nitrogen and oxygen atoms in total. The number of carboxylic acid groups (broad SMARTS) is 1. The summed E-state index contributed by atoms with van der Waals surface area (Å²) in [7, 11) is 3.80. The van der Waals surface area contributed by atoms with Crippen molar-refractivity contribution < 1.29 is 24.3 Å². The summed E-state index contributed by atoms with van der Waals surface area (Å²) < 4.78 is 0. The Morgan fingerprint density at radius 2 is 2.00 bits per heavy atom. The average molecular weight is 391 g/mol. The van der Waals surface area contributed by atoms with Crippen molar-refractivity contribution in [2.75, 3.05) is 5.75 Å². The predicted molar refractivity (Wildman–Crippen MR) is 99.4 cm³/mol. The van der Waals surface area contributed by atoms with Crippen molar-refractivity contribution >= 4 is 45.7 Å². The number of hydrogen-bond donors (Lipinski definition) is 3. The van der Waals surface area contributed by atoms with Gasteiger partial charge in [0.25, 0.3) is 0 Å². The van der Waals surface area contributed by atoms with Gasteiger partial charge in [-0.1, -0.05) is 28.0 Å². The summed E-state index contributed by atoms with van der Waals surface area (Å²) in [5, 5.41) is 14.5. The fourth-order valence-electron chi connectivity index (χ4n) is 2.38. The molecule has 0 spiro atoms. The van der Waals surface area contributed by atoms with Gasteiger partial charge in [-0.15, -0.1) is 0 Å². The Labute approximate surface area is 155 Å². The smallest absolute Gasteiger partial charge is 0.303 e. The molecule has 0 bridgehead atoms. The number of carboxylic acids is 1. The van der Waals surface area contributed by atoms with Gasteiger partial charge in [0.05, 0.1) is 6.04 Å². The van der Waals surface area contributed by atoms with Gasteiger partial charge in [0.15, 0.2) is 0 Å². The quantitative estimate of drug-likeness (QED) is 0.264. The molecule has 142 valence electrons. The second-order valence-corrected chi connectivity index (χ2v) is 8.85. The van der Waals surface area contributed by atoms with Gasteiger partial charge in [0, 0.05) is 23.8 Å². The zero-order chi connectivity index (χ0) is 18.7. The molecule has 0 aromatic rings. The van der Waals surface area contributed by atoms with E-state index in [1.165, 1.54) is 19.1 Å². The molecule has 1 aliphatic rings. The van der Waals surface area contributed by atoms with Gasteiger partial charge in [-0.25, -0.2) is 0 Å². The zero-order valence-electron chi connectivity index (χ0n) is 14.4. The second kappa shape index (κ2) is 12.2. The molecule has 3 unspecified atom stereocenters. The standard InChI is InChI=1S/C16H26N2O5S2/c1-11(10-19)17-16(23)13(6-7-15(21)22)18-14(20)5-3-2-4-12-8-9-24-25-12/h10-13H,2-9H2,1H3,(H,17,23)(H,18,20)(H,21,22). The highest BCUT2D eigenvalue weighted by Crippen LogP contribution is 2.39. The van der Waals surface area contributed by atoms with Crippen molar-refractivity contribution in [3.63, 3.8) is 0 Å². The minimum Gasteiger partial charge on any atom is -0.481 e. The normalized spacial score (nSPS) is 19.0. The van der Waals surface area contributed by atoms with Gasteiger partial charge in [-0.05, 0) is 32.6 Å². The number of unbranched alkanes of at least 4 members (excludes halogenated alkanes) is 1. The number of rotatable bonds is 12. The van der Waals surface area contributed by atoms with Crippen LogP contribution in [0.3, 0.4) is 0 Å². The van der Waals surface area contributed by atoms with Crippen LogP contribution in [0, 0.1) is 0 Å². The Bertz CT molecular complexity index is 469. The van der Waals surface area contributed by atoms with Gasteiger partial charge in [0.2, 0.25) is 11.8 Å². The summed E-state index contributed by atoms with van der Waals surface area (Å²) in [4.78, 5) is 45.5. The summed E-state index contributed by atoms with van der Waals surface area (Å²) in [6.45, 7) is 1.51. The topological polar surface area (TPSA) is 113 Å². The SMILES string of the molecule is CC(C=O)NC(=O)C(CCC(=O)O)NC(=O)CCCCC1CCSS1.